The van der Waals surface area contributed by atoms with Gasteiger partial charge in [-0.15, -0.1) is 18.3 Å². The average molecular weight is 373 g/mol. The first-order valence-corrected chi connectivity index (χ1v) is 6.81. The Morgan fingerprint density at radius 1 is 1.09 bits per heavy atom. The van der Waals surface area contributed by atoms with Gasteiger partial charge in [0, 0.05) is 5.69 Å². The molecule has 23 heavy (non-hydrogen) atoms. The van der Waals surface area contributed by atoms with Crippen LogP contribution in [0, 0.1) is 0 Å². The second kappa shape index (κ2) is 6.28. The molecule has 0 radical (unpaired) electrons. The molecule has 0 aliphatic rings. The summed E-state index contributed by atoms with van der Waals surface area (Å²) in [5.74, 6) is -0.468. The van der Waals surface area contributed by atoms with Crippen LogP contribution in [-0.4, -0.2) is 20.9 Å². The normalized spacial score (nSPS) is 12.1. The van der Waals surface area contributed by atoms with Crippen molar-refractivity contribution in [3.63, 3.8) is 0 Å². The first-order chi connectivity index (χ1) is 10.6. The molecule has 1 heterocycles. The summed E-state index contributed by atoms with van der Waals surface area (Å²) in [4.78, 5) is -0.681. The van der Waals surface area contributed by atoms with E-state index in [1.165, 1.54) is 12.1 Å². The Morgan fingerprint density at radius 3 is 2.22 bits per heavy atom. The van der Waals surface area contributed by atoms with Gasteiger partial charge in [-0.25, -0.2) is 0 Å². The molecule has 0 spiro atoms. The molecule has 0 saturated heterocycles. The van der Waals surface area contributed by atoms with Gasteiger partial charge < -0.3 is 10.1 Å². The molecule has 0 fully saturated rings. The fourth-order valence-electron chi connectivity index (χ4n) is 1.45. The van der Waals surface area contributed by atoms with Crippen molar-refractivity contribution < 1.29 is 31.1 Å². The molecule has 0 amide bonds. The standard InChI is InChI=1S/C11H5F6N3OS2/c12-10(13,14)8-7(23-20-19-8)9(22)18-5-1-3-6(4-2-5)21-11(15,16)17/h1-4H,(H,18,22). The number of hydrogen-bond donors (Lipinski definition) is 1. The zero-order valence-corrected chi connectivity index (χ0v) is 12.3. The van der Waals surface area contributed by atoms with Crippen LogP contribution in [0.25, 0.3) is 0 Å². The summed E-state index contributed by atoms with van der Waals surface area (Å²) in [6, 6.07) is 4.34. The Morgan fingerprint density at radius 2 is 1.70 bits per heavy atom. The van der Waals surface area contributed by atoms with Crippen molar-refractivity contribution in [3.05, 3.63) is 34.8 Å². The number of thiocarbonyl (C=S) groups is 1. The van der Waals surface area contributed by atoms with E-state index in [4.69, 9.17) is 12.2 Å². The summed E-state index contributed by atoms with van der Waals surface area (Å²) in [6.45, 7) is 0. The summed E-state index contributed by atoms with van der Waals surface area (Å²) in [6.07, 6.45) is -9.54. The number of hydrogen-bond acceptors (Lipinski definition) is 5. The Bertz CT molecular complexity index is 695. The van der Waals surface area contributed by atoms with Crippen LogP contribution in [-0.2, 0) is 6.18 Å². The van der Waals surface area contributed by atoms with Crippen LogP contribution in [0.2, 0.25) is 0 Å². The van der Waals surface area contributed by atoms with Crippen LogP contribution in [0.1, 0.15) is 10.6 Å². The number of rotatable bonds is 3. The molecule has 0 aliphatic heterocycles. The zero-order valence-electron chi connectivity index (χ0n) is 10.7. The maximum Gasteiger partial charge on any atom is 0.573 e. The lowest BCUT2D eigenvalue weighted by Crippen LogP contribution is -2.17. The van der Waals surface area contributed by atoms with Gasteiger partial charge in [0.05, 0.1) is 0 Å². The van der Waals surface area contributed by atoms with Crippen LogP contribution in [0.3, 0.4) is 0 Å². The van der Waals surface area contributed by atoms with Crippen LogP contribution in [0.5, 0.6) is 5.75 Å². The third-order valence-corrected chi connectivity index (χ3v) is 3.49. The molecule has 1 aromatic carbocycles. The number of benzene rings is 1. The third-order valence-electron chi connectivity index (χ3n) is 2.31. The Kier molecular flexibility index (Phi) is 4.75. The van der Waals surface area contributed by atoms with E-state index in [2.05, 4.69) is 19.6 Å². The second-order valence-corrected chi connectivity index (χ2v) is 5.14. The Hall–Kier alpha value is -1.95. The predicted octanol–water partition coefficient (Wildman–Crippen LogP) is 4.24. The zero-order chi connectivity index (χ0) is 17.3. The van der Waals surface area contributed by atoms with Crippen molar-refractivity contribution in [2.75, 3.05) is 5.32 Å². The quantitative estimate of drug-likeness (QED) is 0.644. The summed E-state index contributed by atoms with van der Waals surface area (Å²) in [5.41, 5.74) is -1.04. The van der Waals surface area contributed by atoms with Gasteiger partial charge >= 0.3 is 12.5 Å². The molecule has 0 unspecified atom stereocenters. The highest BCUT2D eigenvalue weighted by Crippen LogP contribution is 2.32. The maximum absolute atomic E-state index is 12.7. The fraction of sp³-hybridized carbons (Fsp3) is 0.182. The molecule has 0 atom stereocenters. The molecule has 2 rings (SSSR count). The minimum Gasteiger partial charge on any atom is -0.406 e. The number of halogens is 6. The smallest absolute Gasteiger partial charge is 0.406 e. The van der Waals surface area contributed by atoms with Gasteiger partial charge in [0.25, 0.3) is 0 Å². The summed E-state index contributed by atoms with van der Waals surface area (Å²) < 4.78 is 81.0. The number of nitrogens with one attached hydrogen (secondary N) is 1. The largest absolute Gasteiger partial charge is 0.573 e. The van der Waals surface area contributed by atoms with Gasteiger partial charge in [-0.3, -0.25) is 0 Å². The van der Waals surface area contributed by atoms with E-state index in [1.807, 2.05) is 0 Å². The van der Waals surface area contributed by atoms with E-state index < -0.39 is 24.0 Å². The monoisotopic (exact) mass is 373 g/mol. The Labute approximate surface area is 134 Å². The number of aromatic nitrogens is 2. The molecule has 4 nitrogen and oxygen atoms in total. The van der Waals surface area contributed by atoms with Gasteiger partial charge in [-0.2, -0.15) is 13.2 Å². The minimum absolute atomic E-state index is 0.186. The van der Waals surface area contributed by atoms with Crippen molar-refractivity contribution >= 4 is 34.4 Å². The summed E-state index contributed by atoms with van der Waals surface area (Å²) in [7, 11) is 0. The van der Waals surface area contributed by atoms with Crippen LogP contribution >= 0.6 is 23.8 Å². The van der Waals surface area contributed by atoms with Crippen molar-refractivity contribution in [1.82, 2.24) is 9.59 Å². The highest BCUT2D eigenvalue weighted by atomic mass is 32.1. The van der Waals surface area contributed by atoms with E-state index >= 15 is 0 Å². The van der Waals surface area contributed by atoms with Gasteiger partial charge in [0.2, 0.25) is 0 Å². The van der Waals surface area contributed by atoms with Crippen LogP contribution in [0.15, 0.2) is 24.3 Å². The molecular weight excluding hydrogens is 368 g/mol. The van der Waals surface area contributed by atoms with Crippen molar-refractivity contribution in [2.24, 2.45) is 0 Å². The SMILES string of the molecule is FC(F)(F)Oc1ccc(NC(=S)c2snnc2C(F)(F)F)cc1. The summed E-state index contributed by atoms with van der Waals surface area (Å²) >= 11 is 5.30. The minimum atomic E-state index is -4.83. The number of ether oxygens (including phenoxy) is 1. The molecule has 1 aromatic heterocycles. The first kappa shape index (κ1) is 17.4. The van der Waals surface area contributed by atoms with Gasteiger partial charge in [-0.1, -0.05) is 16.7 Å². The van der Waals surface area contributed by atoms with Gasteiger partial charge in [-0.05, 0) is 35.8 Å². The van der Waals surface area contributed by atoms with Crippen molar-refractivity contribution in [1.29, 1.82) is 0 Å². The van der Waals surface area contributed by atoms with Gasteiger partial charge in [0.15, 0.2) is 5.69 Å². The van der Waals surface area contributed by atoms with E-state index in [0.717, 1.165) is 12.1 Å². The highest BCUT2D eigenvalue weighted by Gasteiger charge is 2.38. The first-order valence-electron chi connectivity index (χ1n) is 5.63. The Balaban J connectivity index is 2.11. The van der Waals surface area contributed by atoms with Crippen molar-refractivity contribution in [3.8, 4) is 5.75 Å². The van der Waals surface area contributed by atoms with Gasteiger partial charge in [0.1, 0.15) is 15.6 Å². The molecule has 124 valence electrons. The fourth-order valence-corrected chi connectivity index (χ4v) is 2.36. The molecule has 0 aliphatic carbocycles. The van der Waals surface area contributed by atoms with E-state index in [0.29, 0.717) is 11.5 Å². The average Bonchev–Trinajstić information content (AvgIpc) is 2.88. The lowest BCUT2D eigenvalue weighted by atomic mass is 10.3. The number of anilines is 1. The van der Waals surface area contributed by atoms with Crippen LogP contribution in [0.4, 0.5) is 32.0 Å². The molecule has 0 bridgehead atoms. The maximum atomic E-state index is 12.7. The number of nitrogens with zero attached hydrogens (tertiary/aromatic N) is 2. The molecule has 0 saturated carbocycles. The molecule has 1 N–H and O–H groups in total. The van der Waals surface area contributed by atoms with E-state index in [1.54, 1.807) is 0 Å². The number of alkyl halides is 6. The second-order valence-electron chi connectivity index (χ2n) is 3.97. The molecule has 12 heteroatoms. The van der Waals surface area contributed by atoms with E-state index in [9.17, 15) is 26.3 Å². The third kappa shape index (κ3) is 4.76. The lowest BCUT2D eigenvalue weighted by molar-refractivity contribution is -0.274. The van der Waals surface area contributed by atoms with Crippen molar-refractivity contribution in [2.45, 2.75) is 12.5 Å². The van der Waals surface area contributed by atoms with E-state index in [-0.39, 0.29) is 15.6 Å². The molecule has 2 aromatic rings. The summed E-state index contributed by atoms with van der Waals surface area (Å²) in [5, 5.41) is 5.45. The lowest BCUT2D eigenvalue weighted by Gasteiger charge is -2.11. The topological polar surface area (TPSA) is 47.0 Å². The molecular formula is C11H5F6N3OS2. The van der Waals surface area contributed by atoms with Crippen LogP contribution < -0.4 is 10.1 Å². The predicted molar refractivity (Wildman–Crippen MR) is 73.4 cm³/mol. The highest BCUT2D eigenvalue weighted by molar-refractivity contribution is 7.81.